The van der Waals surface area contributed by atoms with Crippen LogP contribution in [0.4, 0.5) is 13.2 Å². The monoisotopic (exact) mass is 266 g/mol. The van der Waals surface area contributed by atoms with Crippen molar-refractivity contribution in [2.45, 2.75) is 12.7 Å². The maximum atomic E-state index is 11.8. The summed E-state index contributed by atoms with van der Waals surface area (Å²) in [6.45, 7) is -1.69. The molecule has 0 saturated heterocycles. The van der Waals surface area contributed by atoms with Crippen molar-refractivity contribution in [2.24, 2.45) is 5.73 Å². The Bertz CT molecular complexity index is 429. The van der Waals surface area contributed by atoms with Crippen molar-refractivity contribution in [2.75, 3.05) is 6.54 Å². The first-order valence-corrected chi connectivity index (χ1v) is 4.85. The molecule has 5 nitrogen and oxygen atoms in total. The number of amides is 1. The van der Waals surface area contributed by atoms with Gasteiger partial charge in [0.1, 0.15) is 18.1 Å². The molecular weight excluding hydrogens is 257 g/mol. The Morgan fingerprint density at radius 2 is 2.24 bits per heavy atom. The summed E-state index contributed by atoms with van der Waals surface area (Å²) in [7, 11) is 0. The Labute approximate surface area is 99.8 Å². The van der Waals surface area contributed by atoms with E-state index in [0.717, 1.165) is 0 Å². The van der Waals surface area contributed by atoms with Gasteiger partial charge in [-0.1, -0.05) is 12.2 Å². The fourth-order valence-electron chi connectivity index (χ4n) is 1.07. The lowest BCUT2D eigenvalue weighted by Crippen LogP contribution is -2.36. The summed E-state index contributed by atoms with van der Waals surface area (Å²) in [5.74, 6) is -0.611. The van der Waals surface area contributed by atoms with Gasteiger partial charge in [-0.05, 0) is 0 Å². The van der Waals surface area contributed by atoms with E-state index in [2.05, 4.69) is 17.2 Å². The molecule has 1 rings (SSSR count). The number of rotatable bonds is 4. The molecule has 3 N–H and O–H groups in total. The van der Waals surface area contributed by atoms with Crippen molar-refractivity contribution >= 4 is 23.1 Å². The van der Waals surface area contributed by atoms with Crippen LogP contribution in [0.3, 0.4) is 0 Å². The van der Waals surface area contributed by atoms with Crippen molar-refractivity contribution in [3.05, 3.63) is 18.2 Å². The van der Waals surface area contributed by atoms with E-state index in [1.807, 2.05) is 0 Å². The second kappa shape index (κ2) is 5.13. The van der Waals surface area contributed by atoms with Gasteiger partial charge in [0.05, 0.1) is 0 Å². The summed E-state index contributed by atoms with van der Waals surface area (Å²) in [5.41, 5.74) is 5.31. The average Bonchev–Trinajstić information content (AvgIpc) is 2.62. The van der Waals surface area contributed by atoms with E-state index in [0.29, 0.717) is 0 Å². The maximum Gasteiger partial charge on any atom is 0.405 e. The second-order valence-electron chi connectivity index (χ2n) is 3.13. The molecule has 0 aliphatic heterocycles. The largest absolute Gasteiger partial charge is 0.405 e. The fraction of sp³-hybridized carbons (Fsp3) is 0.375. The van der Waals surface area contributed by atoms with E-state index < -0.39 is 18.6 Å². The highest BCUT2D eigenvalue weighted by molar-refractivity contribution is 7.80. The minimum Gasteiger partial charge on any atom is -0.387 e. The van der Waals surface area contributed by atoms with Gasteiger partial charge in [0, 0.05) is 12.4 Å². The molecule has 1 heterocycles. The molecule has 17 heavy (non-hydrogen) atoms. The number of hydrogen-bond acceptors (Lipinski definition) is 3. The Morgan fingerprint density at radius 3 is 2.76 bits per heavy atom. The second-order valence-corrected chi connectivity index (χ2v) is 3.57. The van der Waals surface area contributed by atoms with Crippen LogP contribution < -0.4 is 11.1 Å². The zero-order valence-electron chi connectivity index (χ0n) is 8.49. The third kappa shape index (κ3) is 4.39. The Hall–Kier alpha value is -1.64. The van der Waals surface area contributed by atoms with Crippen LogP contribution in [0.5, 0.6) is 0 Å². The number of hydrogen-bond donors (Lipinski definition) is 2. The number of nitrogens with zero attached hydrogens (tertiary/aromatic N) is 2. The molecule has 0 aliphatic carbocycles. The van der Waals surface area contributed by atoms with E-state index >= 15 is 0 Å². The minimum absolute atomic E-state index is 0.0291. The third-order valence-electron chi connectivity index (χ3n) is 1.74. The molecule has 0 saturated carbocycles. The molecule has 0 aliphatic rings. The molecule has 1 aromatic rings. The molecular formula is C8H9F3N4OS. The first-order chi connectivity index (χ1) is 7.79. The average molecular weight is 266 g/mol. The highest BCUT2D eigenvalue weighted by Gasteiger charge is 2.27. The standard InChI is InChI=1S/C8H9F3N4OS/c9-8(10,11)4-14-5(16)3-15-2-1-13-7(15)6(12)17/h1-2H,3-4H2,(H2,12,17)(H,14,16). The zero-order chi connectivity index (χ0) is 13.1. The highest BCUT2D eigenvalue weighted by atomic mass is 32.1. The van der Waals surface area contributed by atoms with Gasteiger partial charge in [-0.25, -0.2) is 4.98 Å². The van der Waals surface area contributed by atoms with Gasteiger partial charge in [-0.2, -0.15) is 13.2 Å². The summed E-state index contributed by atoms with van der Waals surface area (Å²) in [4.78, 5) is 14.9. The van der Waals surface area contributed by atoms with Gasteiger partial charge in [0.2, 0.25) is 5.91 Å². The van der Waals surface area contributed by atoms with Crippen LogP contribution in [-0.4, -0.2) is 33.2 Å². The SMILES string of the molecule is NC(=S)c1nccn1CC(=O)NCC(F)(F)F. The number of thiocarbonyl (C=S) groups is 1. The van der Waals surface area contributed by atoms with Crippen LogP contribution in [0.2, 0.25) is 0 Å². The molecule has 0 radical (unpaired) electrons. The molecule has 0 atom stereocenters. The molecule has 0 aromatic carbocycles. The topological polar surface area (TPSA) is 72.9 Å². The van der Waals surface area contributed by atoms with E-state index in [1.165, 1.54) is 17.0 Å². The predicted octanol–water partition coefficient (Wildman–Crippen LogP) is 0.196. The Balaban J connectivity index is 2.57. The number of carbonyl (C=O) groups is 1. The van der Waals surface area contributed by atoms with Crippen LogP contribution in [0.15, 0.2) is 12.4 Å². The summed E-state index contributed by atoms with van der Waals surface area (Å²) in [6.07, 6.45) is -1.68. The van der Waals surface area contributed by atoms with Crippen LogP contribution in [0, 0.1) is 0 Å². The van der Waals surface area contributed by atoms with E-state index in [9.17, 15) is 18.0 Å². The first kappa shape index (κ1) is 13.4. The van der Waals surface area contributed by atoms with Crippen molar-refractivity contribution in [3.63, 3.8) is 0 Å². The van der Waals surface area contributed by atoms with E-state index in [1.54, 1.807) is 5.32 Å². The lowest BCUT2D eigenvalue weighted by molar-refractivity contribution is -0.138. The molecule has 0 fully saturated rings. The maximum absolute atomic E-state index is 11.8. The van der Waals surface area contributed by atoms with Crippen LogP contribution in [0.25, 0.3) is 0 Å². The number of carbonyl (C=O) groups excluding carboxylic acids is 1. The molecule has 1 amide bonds. The van der Waals surface area contributed by atoms with Gasteiger partial charge in [0.15, 0.2) is 5.82 Å². The Kier molecular flexibility index (Phi) is 4.05. The van der Waals surface area contributed by atoms with E-state index in [-0.39, 0.29) is 17.4 Å². The van der Waals surface area contributed by atoms with Crippen LogP contribution in [0.1, 0.15) is 5.82 Å². The van der Waals surface area contributed by atoms with Gasteiger partial charge < -0.3 is 15.6 Å². The summed E-state index contributed by atoms with van der Waals surface area (Å²) >= 11 is 4.66. The summed E-state index contributed by atoms with van der Waals surface area (Å²) in [5, 5.41) is 1.73. The highest BCUT2D eigenvalue weighted by Crippen LogP contribution is 2.12. The zero-order valence-corrected chi connectivity index (χ0v) is 9.31. The first-order valence-electron chi connectivity index (χ1n) is 4.44. The minimum atomic E-state index is -4.43. The van der Waals surface area contributed by atoms with Gasteiger partial charge >= 0.3 is 6.18 Å². The lowest BCUT2D eigenvalue weighted by atomic mass is 10.5. The van der Waals surface area contributed by atoms with Crippen molar-refractivity contribution in [1.29, 1.82) is 0 Å². The number of imidazole rings is 1. The molecule has 0 spiro atoms. The normalized spacial score (nSPS) is 11.2. The summed E-state index contributed by atoms with van der Waals surface area (Å²) < 4.78 is 36.8. The fourth-order valence-corrected chi connectivity index (χ4v) is 1.24. The number of alkyl halides is 3. The van der Waals surface area contributed by atoms with Crippen LogP contribution >= 0.6 is 12.2 Å². The molecule has 0 unspecified atom stereocenters. The smallest absolute Gasteiger partial charge is 0.387 e. The van der Waals surface area contributed by atoms with Gasteiger partial charge in [-0.15, -0.1) is 0 Å². The Morgan fingerprint density at radius 1 is 1.59 bits per heavy atom. The molecule has 1 aromatic heterocycles. The van der Waals surface area contributed by atoms with Crippen LogP contribution in [-0.2, 0) is 11.3 Å². The number of halogens is 3. The number of aromatic nitrogens is 2. The number of nitrogens with one attached hydrogen (secondary N) is 1. The van der Waals surface area contributed by atoms with Crippen molar-refractivity contribution < 1.29 is 18.0 Å². The van der Waals surface area contributed by atoms with E-state index in [4.69, 9.17) is 5.73 Å². The molecule has 0 bridgehead atoms. The molecule has 94 valence electrons. The summed E-state index contributed by atoms with van der Waals surface area (Å²) in [6, 6.07) is 0. The number of nitrogens with two attached hydrogens (primary N) is 1. The quantitative estimate of drug-likeness (QED) is 0.763. The van der Waals surface area contributed by atoms with Gasteiger partial charge in [0.25, 0.3) is 0 Å². The third-order valence-corrected chi connectivity index (χ3v) is 1.92. The van der Waals surface area contributed by atoms with Gasteiger partial charge in [-0.3, -0.25) is 4.79 Å². The van der Waals surface area contributed by atoms with Crippen molar-refractivity contribution in [1.82, 2.24) is 14.9 Å². The lowest BCUT2D eigenvalue weighted by Gasteiger charge is -2.09. The predicted molar refractivity (Wildman–Crippen MR) is 57.2 cm³/mol. The molecule has 9 heteroatoms. The van der Waals surface area contributed by atoms with Crippen molar-refractivity contribution in [3.8, 4) is 0 Å².